The molecule has 0 aliphatic carbocycles. The molecule has 1 aromatic rings. The first kappa shape index (κ1) is 11.6. The first-order valence-corrected chi connectivity index (χ1v) is 6.14. The van der Waals surface area contributed by atoms with Crippen LogP contribution >= 0.6 is 0 Å². The first-order chi connectivity index (χ1) is 7.65. The highest BCUT2D eigenvalue weighted by Crippen LogP contribution is 2.09. The zero-order chi connectivity index (χ0) is 11.5. The first-order valence-electron chi connectivity index (χ1n) is 6.14. The average Bonchev–Trinajstić information content (AvgIpc) is 2.66. The van der Waals surface area contributed by atoms with Crippen molar-refractivity contribution in [2.45, 2.75) is 39.4 Å². The lowest BCUT2D eigenvalue weighted by Crippen LogP contribution is -2.48. The molecular weight excluding hydrogens is 200 g/mol. The standard InChI is InChI=1S/C12H22N4/c1-10(2)16-9-12(6-14-16)8-15-5-4-13-11(3)7-15/h6,9-11,13H,4-5,7-8H2,1-3H3. The van der Waals surface area contributed by atoms with Crippen molar-refractivity contribution in [3.05, 3.63) is 18.0 Å². The maximum absolute atomic E-state index is 4.37. The molecule has 0 amide bonds. The van der Waals surface area contributed by atoms with Gasteiger partial charge in [-0.2, -0.15) is 5.10 Å². The van der Waals surface area contributed by atoms with Crippen LogP contribution in [-0.4, -0.2) is 40.4 Å². The number of aromatic nitrogens is 2. The van der Waals surface area contributed by atoms with Crippen molar-refractivity contribution in [2.24, 2.45) is 0 Å². The van der Waals surface area contributed by atoms with Gasteiger partial charge in [-0.1, -0.05) is 0 Å². The van der Waals surface area contributed by atoms with Crippen molar-refractivity contribution < 1.29 is 0 Å². The summed E-state index contributed by atoms with van der Waals surface area (Å²) in [5.41, 5.74) is 1.32. The van der Waals surface area contributed by atoms with Crippen LogP contribution in [0.15, 0.2) is 12.4 Å². The minimum atomic E-state index is 0.454. The second-order valence-electron chi connectivity index (χ2n) is 5.01. The largest absolute Gasteiger partial charge is 0.312 e. The van der Waals surface area contributed by atoms with Crippen molar-refractivity contribution in [3.8, 4) is 0 Å². The van der Waals surface area contributed by atoms with Crippen LogP contribution in [0.5, 0.6) is 0 Å². The van der Waals surface area contributed by atoms with Crippen LogP contribution in [-0.2, 0) is 6.54 Å². The van der Waals surface area contributed by atoms with Crippen molar-refractivity contribution in [1.29, 1.82) is 0 Å². The van der Waals surface area contributed by atoms with Crippen LogP contribution in [0.3, 0.4) is 0 Å². The van der Waals surface area contributed by atoms with Crippen LogP contribution in [0, 0.1) is 0 Å². The lowest BCUT2D eigenvalue weighted by Gasteiger charge is -2.31. The fraction of sp³-hybridized carbons (Fsp3) is 0.750. The molecule has 1 atom stereocenters. The number of piperazine rings is 1. The summed E-state index contributed by atoms with van der Waals surface area (Å²) < 4.78 is 2.03. The van der Waals surface area contributed by atoms with Gasteiger partial charge in [0.2, 0.25) is 0 Å². The van der Waals surface area contributed by atoms with Gasteiger partial charge in [0.1, 0.15) is 0 Å². The van der Waals surface area contributed by atoms with Crippen molar-refractivity contribution >= 4 is 0 Å². The molecule has 0 bridgehead atoms. The summed E-state index contributed by atoms with van der Waals surface area (Å²) in [7, 11) is 0. The number of hydrogen-bond donors (Lipinski definition) is 1. The molecule has 1 unspecified atom stereocenters. The van der Waals surface area contributed by atoms with Gasteiger partial charge in [-0.25, -0.2) is 0 Å². The smallest absolute Gasteiger partial charge is 0.0534 e. The minimum Gasteiger partial charge on any atom is -0.312 e. The summed E-state index contributed by atoms with van der Waals surface area (Å²) in [6, 6.07) is 1.06. The van der Waals surface area contributed by atoms with Gasteiger partial charge in [0, 0.05) is 50.0 Å². The van der Waals surface area contributed by atoms with E-state index in [1.54, 1.807) is 0 Å². The van der Waals surface area contributed by atoms with Gasteiger partial charge in [0.15, 0.2) is 0 Å². The van der Waals surface area contributed by atoms with E-state index in [0.717, 1.165) is 26.2 Å². The molecule has 0 aromatic carbocycles. The third kappa shape index (κ3) is 2.83. The van der Waals surface area contributed by atoms with E-state index in [-0.39, 0.29) is 0 Å². The Bertz CT molecular complexity index is 332. The van der Waals surface area contributed by atoms with Crippen molar-refractivity contribution in [1.82, 2.24) is 20.0 Å². The molecule has 1 aromatic heterocycles. The van der Waals surface area contributed by atoms with E-state index in [1.165, 1.54) is 5.56 Å². The molecule has 0 radical (unpaired) electrons. The molecule has 16 heavy (non-hydrogen) atoms. The normalized spacial score (nSPS) is 22.9. The zero-order valence-electron chi connectivity index (χ0n) is 10.5. The quantitative estimate of drug-likeness (QED) is 0.836. The van der Waals surface area contributed by atoms with Crippen LogP contribution in [0.25, 0.3) is 0 Å². The second-order valence-corrected chi connectivity index (χ2v) is 5.01. The Kier molecular flexibility index (Phi) is 3.61. The Morgan fingerprint density at radius 2 is 2.38 bits per heavy atom. The van der Waals surface area contributed by atoms with Gasteiger partial charge < -0.3 is 5.32 Å². The zero-order valence-corrected chi connectivity index (χ0v) is 10.5. The van der Waals surface area contributed by atoms with E-state index in [9.17, 15) is 0 Å². The van der Waals surface area contributed by atoms with E-state index in [4.69, 9.17) is 0 Å². The van der Waals surface area contributed by atoms with Gasteiger partial charge in [0.05, 0.1) is 6.20 Å². The maximum atomic E-state index is 4.37. The topological polar surface area (TPSA) is 33.1 Å². The molecule has 1 fully saturated rings. The molecule has 0 spiro atoms. The second kappa shape index (κ2) is 4.97. The van der Waals surface area contributed by atoms with Crippen molar-refractivity contribution in [3.63, 3.8) is 0 Å². The molecule has 4 heteroatoms. The summed E-state index contributed by atoms with van der Waals surface area (Å²) in [6.07, 6.45) is 4.16. The Hall–Kier alpha value is -0.870. The average molecular weight is 222 g/mol. The highest BCUT2D eigenvalue weighted by atomic mass is 15.3. The molecule has 4 nitrogen and oxygen atoms in total. The Morgan fingerprint density at radius 3 is 3.00 bits per heavy atom. The number of rotatable bonds is 3. The molecule has 2 heterocycles. The SMILES string of the molecule is CC1CN(Cc2cnn(C(C)C)c2)CCN1. The van der Waals surface area contributed by atoms with E-state index in [1.807, 2.05) is 10.9 Å². The molecule has 2 rings (SSSR count). The minimum absolute atomic E-state index is 0.454. The third-order valence-electron chi connectivity index (χ3n) is 3.04. The maximum Gasteiger partial charge on any atom is 0.0534 e. The van der Waals surface area contributed by atoms with Crippen LogP contribution in [0.1, 0.15) is 32.4 Å². The van der Waals surface area contributed by atoms with Crippen LogP contribution in [0.2, 0.25) is 0 Å². The van der Waals surface area contributed by atoms with Gasteiger partial charge in [-0.15, -0.1) is 0 Å². The lowest BCUT2D eigenvalue weighted by atomic mass is 10.2. The van der Waals surface area contributed by atoms with E-state index in [2.05, 4.69) is 42.3 Å². The van der Waals surface area contributed by atoms with Gasteiger partial charge in [0.25, 0.3) is 0 Å². The highest BCUT2D eigenvalue weighted by molar-refractivity contribution is 5.04. The summed E-state index contributed by atoms with van der Waals surface area (Å²) in [6.45, 7) is 10.9. The van der Waals surface area contributed by atoms with E-state index >= 15 is 0 Å². The fourth-order valence-electron chi connectivity index (χ4n) is 2.16. The molecule has 1 aliphatic rings. The lowest BCUT2D eigenvalue weighted by molar-refractivity contribution is 0.199. The van der Waals surface area contributed by atoms with E-state index in [0.29, 0.717) is 12.1 Å². The summed E-state index contributed by atoms with van der Waals surface area (Å²) in [5.74, 6) is 0. The summed E-state index contributed by atoms with van der Waals surface area (Å²) in [5, 5.41) is 7.83. The Morgan fingerprint density at radius 1 is 1.56 bits per heavy atom. The predicted octanol–water partition coefficient (Wildman–Crippen LogP) is 1.26. The summed E-state index contributed by atoms with van der Waals surface area (Å²) in [4.78, 5) is 2.49. The van der Waals surface area contributed by atoms with Gasteiger partial charge >= 0.3 is 0 Å². The van der Waals surface area contributed by atoms with Gasteiger partial charge in [-0.05, 0) is 20.8 Å². The summed E-state index contributed by atoms with van der Waals surface area (Å²) >= 11 is 0. The molecule has 1 saturated heterocycles. The van der Waals surface area contributed by atoms with Gasteiger partial charge in [-0.3, -0.25) is 9.58 Å². The van der Waals surface area contributed by atoms with Crippen LogP contribution in [0.4, 0.5) is 0 Å². The monoisotopic (exact) mass is 222 g/mol. The molecule has 0 saturated carbocycles. The third-order valence-corrected chi connectivity index (χ3v) is 3.04. The van der Waals surface area contributed by atoms with Crippen molar-refractivity contribution in [2.75, 3.05) is 19.6 Å². The van der Waals surface area contributed by atoms with E-state index < -0.39 is 0 Å². The highest BCUT2D eigenvalue weighted by Gasteiger charge is 2.16. The van der Waals surface area contributed by atoms with Crippen LogP contribution < -0.4 is 5.32 Å². The molecule has 1 aliphatic heterocycles. The Balaban J connectivity index is 1.92. The number of nitrogens with one attached hydrogen (secondary N) is 1. The molecular formula is C12H22N4. The Labute approximate surface area is 97.6 Å². The molecule has 90 valence electrons. The number of hydrogen-bond acceptors (Lipinski definition) is 3. The predicted molar refractivity (Wildman–Crippen MR) is 65.4 cm³/mol. The fourth-order valence-corrected chi connectivity index (χ4v) is 2.16. The number of nitrogens with zero attached hydrogens (tertiary/aromatic N) is 3. The molecule has 1 N–H and O–H groups in total.